The quantitative estimate of drug-likeness (QED) is 0.507. The van der Waals surface area contributed by atoms with Crippen LogP contribution in [0.3, 0.4) is 0 Å². The predicted octanol–water partition coefficient (Wildman–Crippen LogP) is 1.80. The largest absolute Gasteiger partial charge is 0.481 e. The monoisotopic (exact) mass is 264 g/mol. The van der Waals surface area contributed by atoms with E-state index in [1.807, 2.05) is 6.92 Å². The predicted molar refractivity (Wildman–Crippen MR) is 65.2 cm³/mol. The first-order valence-electron chi connectivity index (χ1n) is 5.50. The van der Waals surface area contributed by atoms with Crippen molar-refractivity contribution in [2.75, 3.05) is 12.9 Å². The first-order valence-corrected chi connectivity index (χ1v) is 7.31. The van der Waals surface area contributed by atoms with Crippen LogP contribution in [0.25, 0.3) is 0 Å². The summed E-state index contributed by atoms with van der Waals surface area (Å²) in [5, 5.41) is 8.92. The van der Waals surface area contributed by atoms with Crippen LogP contribution in [-0.4, -0.2) is 32.4 Å². The minimum atomic E-state index is -3.46. The van der Waals surface area contributed by atoms with Gasteiger partial charge in [-0.05, 0) is 19.3 Å². The third kappa shape index (κ3) is 8.88. The zero-order chi connectivity index (χ0) is 13.5. The van der Waals surface area contributed by atoms with E-state index in [1.165, 1.54) is 0 Å². The molecule has 1 N–H and O–H groups in total. The number of carboxylic acid groups (broad SMARTS) is 1. The zero-order valence-corrected chi connectivity index (χ0v) is 11.1. The van der Waals surface area contributed by atoms with Gasteiger partial charge in [0.25, 0.3) is 10.1 Å². The van der Waals surface area contributed by atoms with Gasteiger partial charge >= 0.3 is 5.97 Å². The van der Waals surface area contributed by atoms with Crippen molar-refractivity contribution in [1.29, 1.82) is 0 Å². The summed E-state index contributed by atoms with van der Waals surface area (Å²) < 4.78 is 26.0. The van der Waals surface area contributed by atoms with E-state index < -0.39 is 22.0 Å². The molecule has 1 unspecified atom stereocenters. The molecule has 1 atom stereocenters. The van der Waals surface area contributed by atoms with Crippen molar-refractivity contribution in [1.82, 2.24) is 0 Å². The molecule has 0 heterocycles. The van der Waals surface area contributed by atoms with Crippen LogP contribution >= 0.6 is 0 Å². The van der Waals surface area contributed by atoms with Gasteiger partial charge in [-0.1, -0.05) is 25.5 Å². The van der Waals surface area contributed by atoms with Crippen molar-refractivity contribution in [3.05, 3.63) is 12.2 Å². The molecule has 0 rings (SSSR count). The number of hydrogen-bond acceptors (Lipinski definition) is 4. The molecule has 0 fully saturated rings. The van der Waals surface area contributed by atoms with E-state index in [2.05, 4.69) is 10.8 Å². The summed E-state index contributed by atoms with van der Waals surface area (Å²) in [4.78, 5) is 10.9. The minimum Gasteiger partial charge on any atom is -0.481 e. The lowest BCUT2D eigenvalue weighted by molar-refractivity contribution is -0.142. The summed E-state index contributed by atoms with van der Waals surface area (Å²) in [5.74, 6) is -1.21. The molecule has 100 valence electrons. The Morgan fingerprint density at radius 3 is 2.41 bits per heavy atom. The Hall–Kier alpha value is -0.880. The Bertz CT molecular complexity index is 358. The van der Waals surface area contributed by atoms with Crippen molar-refractivity contribution >= 4 is 16.1 Å². The van der Waals surface area contributed by atoms with Crippen LogP contribution in [0.4, 0.5) is 0 Å². The zero-order valence-electron chi connectivity index (χ0n) is 10.3. The SMILES string of the molecule is C=C(CCC(CCC)C(=O)O)COS(C)(=O)=O. The molecule has 0 saturated carbocycles. The molecule has 0 amide bonds. The molecule has 0 aromatic heterocycles. The summed E-state index contributed by atoms with van der Waals surface area (Å²) >= 11 is 0. The van der Waals surface area contributed by atoms with E-state index in [0.29, 0.717) is 24.8 Å². The molecule has 0 aromatic rings. The second-order valence-electron chi connectivity index (χ2n) is 4.08. The van der Waals surface area contributed by atoms with Gasteiger partial charge in [-0.15, -0.1) is 0 Å². The van der Waals surface area contributed by atoms with Gasteiger partial charge in [0.1, 0.15) is 0 Å². The maximum absolute atomic E-state index is 10.9. The van der Waals surface area contributed by atoms with Gasteiger partial charge in [0, 0.05) is 0 Å². The standard InChI is InChI=1S/C11H20O5S/c1-4-5-10(11(12)13)7-6-9(2)8-16-17(3,14)15/h10H,2,4-8H2,1,3H3,(H,12,13). The highest BCUT2D eigenvalue weighted by atomic mass is 32.2. The third-order valence-corrected chi connectivity index (χ3v) is 2.86. The van der Waals surface area contributed by atoms with Crippen LogP contribution in [0.5, 0.6) is 0 Å². The molecule has 0 aliphatic rings. The lowest BCUT2D eigenvalue weighted by atomic mass is 9.96. The van der Waals surface area contributed by atoms with Gasteiger partial charge in [0.15, 0.2) is 0 Å². The molecule has 17 heavy (non-hydrogen) atoms. The van der Waals surface area contributed by atoms with E-state index in [4.69, 9.17) is 5.11 Å². The van der Waals surface area contributed by atoms with Gasteiger partial charge in [-0.2, -0.15) is 8.42 Å². The maximum Gasteiger partial charge on any atom is 0.306 e. The Morgan fingerprint density at radius 2 is 2.00 bits per heavy atom. The van der Waals surface area contributed by atoms with Crippen LogP contribution in [0, 0.1) is 5.92 Å². The van der Waals surface area contributed by atoms with Crippen molar-refractivity contribution in [3.8, 4) is 0 Å². The van der Waals surface area contributed by atoms with Crippen LogP contribution in [0.15, 0.2) is 12.2 Å². The molecule has 0 saturated heterocycles. The smallest absolute Gasteiger partial charge is 0.306 e. The van der Waals surface area contributed by atoms with E-state index in [9.17, 15) is 13.2 Å². The first kappa shape index (κ1) is 16.1. The average molecular weight is 264 g/mol. The highest BCUT2D eigenvalue weighted by molar-refractivity contribution is 7.85. The Kier molecular flexibility index (Phi) is 7.06. The molecule has 0 aliphatic carbocycles. The first-order chi connectivity index (χ1) is 7.76. The number of aliphatic carboxylic acids is 1. The van der Waals surface area contributed by atoms with E-state index in [1.54, 1.807) is 0 Å². The Balaban J connectivity index is 4.01. The highest BCUT2D eigenvalue weighted by Crippen LogP contribution is 2.17. The molecular formula is C11H20O5S. The lowest BCUT2D eigenvalue weighted by Gasteiger charge is -2.11. The minimum absolute atomic E-state index is 0.0721. The molecule has 0 aliphatic heterocycles. The second kappa shape index (κ2) is 7.45. The number of carboxylic acids is 1. The molecule has 0 spiro atoms. The maximum atomic E-state index is 10.9. The van der Waals surface area contributed by atoms with Gasteiger partial charge < -0.3 is 5.11 Å². The van der Waals surface area contributed by atoms with E-state index in [-0.39, 0.29) is 6.61 Å². The molecule has 0 aromatic carbocycles. The summed E-state index contributed by atoms with van der Waals surface area (Å²) in [6.07, 6.45) is 3.33. The third-order valence-electron chi connectivity index (χ3n) is 2.31. The normalized spacial score (nSPS) is 13.3. The number of carbonyl (C=O) groups is 1. The topological polar surface area (TPSA) is 80.7 Å². The molecule has 6 heteroatoms. The number of rotatable bonds is 9. The summed E-state index contributed by atoms with van der Waals surface area (Å²) in [7, 11) is -3.46. The lowest BCUT2D eigenvalue weighted by Crippen LogP contribution is -2.14. The fourth-order valence-electron chi connectivity index (χ4n) is 1.38. The molecular weight excluding hydrogens is 244 g/mol. The Morgan fingerprint density at radius 1 is 1.41 bits per heavy atom. The van der Waals surface area contributed by atoms with Crippen molar-refractivity contribution in [3.63, 3.8) is 0 Å². The van der Waals surface area contributed by atoms with Gasteiger partial charge in [-0.25, -0.2) is 0 Å². The van der Waals surface area contributed by atoms with Gasteiger partial charge in [0.2, 0.25) is 0 Å². The van der Waals surface area contributed by atoms with Gasteiger partial charge in [-0.3, -0.25) is 8.98 Å². The van der Waals surface area contributed by atoms with Gasteiger partial charge in [0.05, 0.1) is 18.8 Å². The molecule has 0 radical (unpaired) electrons. The van der Waals surface area contributed by atoms with Crippen LogP contribution < -0.4 is 0 Å². The van der Waals surface area contributed by atoms with Crippen LogP contribution in [0.1, 0.15) is 32.6 Å². The molecule has 5 nitrogen and oxygen atoms in total. The summed E-state index contributed by atoms with van der Waals surface area (Å²) in [5.41, 5.74) is 0.595. The second-order valence-corrected chi connectivity index (χ2v) is 5.72. The average Bonchev–Trinajstić information content (AvgIpc) is 2.19. The fraction of sp³-hybridized carbons (Fsp3) is 0.727. The van der Waals surface area contributed by atoms with E-state index >= 15 is 0 Å². The van der Waals surface area contributed by atoms with Crippen molar-refractivity contribution in [2.24, 2.45) is 5.92 Å². The van der Waals surface area contributed by atoms with Crippen LogP contribution in [0.2, 0.25) is 0 Å². The Labute approximate surface area is 103 Å². The van der Waals surface area contributed by atoms with Crippen molar-refractivity contribution in [2.45, 2.75) is 32.6 Å². The summed E-state index contributed by atoms with van der Waals surface area (Å²) in [6.45, 7) is 5.52. The van der Waals surface area contributed by atoms with E-state index in [0.717, 1.165) is 12.7 Å². The van der Waals surface area contributed by atoms with Crippen LogP contribution in [-0.2, 0) is 19.1 Å². The fourth-order valence-corrected chi connectivity index (χ4v) is 1.76. The van der Waals surface area contributed by atoms with Crippen molar-refractivity contribution < 1.29 is 22.5 Å². The highest BCUT2D eigenvalue weighted by Gasteiger charge is 2.16. The molecule has 0 bridgehead atoms. The summed E-state index contributed by atoms with van der Waals surface area (Å²) in [6, 6.07) is 0. The number of hydrogen-bond donors (Lipinski definition) is 1.